The molecule has 22 heavy (non-hydrogen) atoms. The Morgan fingerprint density at radius 2 is 2.18 bits per heavy atom. The fourth-order valence-corrected chi connectivity index (χ4v) is 2.78. The normalized spacial score (nSPS) is 24.4. The van der Waals surface area contributed by atoms with E-state index in [1.54, 1.807) is 16.8 Å². The maximum Gasteiger partial charge on any atom is 0.451 e. The van der Waals surface area contributed by atoms with Crippen molar-refractivity contribution in [2.75, 3.05) is 33.2 Å². The Balaban J connectivity index is 2.74. The summed E-state index contributed by atoms with van der Waals surface area (Å²) in [4.78, 5) is 14.8. The van der Waals surface area contributed by atoms with E-state index in [-0.39, 0.29) is 24.7 Å². The Morgan fingerprint density at radius 1 is 1.55 bits per heavy atom. The summed E-state index contributed by atoms with van der Waals surface area (Å²) in [6.07, 6.45) is 1.11. The van der Waals surface area contributed by atoms with Crippen LogP contribution in [0.15, 0.2) is 0 Å². The monoisotopic (exact) mass is 315 g/mol. The molecule has 8 N–H and O–H groups in total. The number of carboxylic acids is 1. The van der Waals surface area contributed by atoms with Gasteiger partial charge in [-0.25, -0.2) is 0 Å². The first-order valence-corrected chi connectivity index (χ1v) is 7.35. The summed E-state index contributed by atoms with van der Waals surface area (Å²) < 4.78 is 0. The Bertz CT molecular complexity index is 411. The van der Waals surface area contributed by atoms with Gasteiger partial charge in [-0.2, -0.15) is 0 Å². The van der Waals surface area contributed by atoms with Crippen LogP contribution in [0.4, 0.5) is 0 Å². The molecule has 0 bridgehead atoms. The van der Waals surface area contributed by atoms with Gasteiger partial charge in [0.15, 0.2) is 5.96 Å². The van der Waals surface area contributed by atoms with Gasteiger partial charge < -0.3 is 36.4 Å². The maximum absolute atomic E-state index is 11.5. The van der Waals surface area contributed by atoms with Crippen molar-refractivity contribution in [1.29, 1.82) is 5.41 Å². The largest absolute Gasteiger partial charge is 0.480 e. The zero-order valence-electron chi connectivity index (χ0n) is 12.9. The van der Waals surface area contributed by atoms with Gasteiger partial charge in [-0.3, -0.25) is 10.2 Å². The standard InChI is InChI=1S/C12H26BN5O4/c1-17(6-5-14)11(15)18-7-9(3-2-4-13(21)22)12(16,8-18)10(19)20/h9,15,21-22H,2-8,14,16H2,1H3,(H,19,20). The number of likely N-dealkylation sites (tertiary alicyclic amines) is 1. The van der Waals surface area contributed by atoms with Crippen LogP contribution in [0, 0.1) is 11.3 Å². The van der Waals surface area contributed by atoms with E-state index in [0.29, 0.717) is 32.5 Å². The Kier molecular flexibility index (Phi) is 6.60. The third-order valence-corrected chi connectivity index (χ3v) is 4.16. The van der Waals surface area contributed by atoms with Crippen molar-refractivity contribution in [3.05, 3.63) is 0 Å². The van der Waals surface area contributed by atoms with E-state index in [1.807, 2.05) is 0 Å². The number of aliphatic carboxylic acids is 1. The zero-order chi connectivity index (χ0) is 16.9. The van der Waals surface area contributed by atoms with Crippen LogP contribution in [0.5, 0.6) is 0 Å². The number of carbonyl (C=O) groups is 1. The lowest BCUT2D eigenvalue weighted by Crippen LogP contribution is -2.55. The average molecular weight is 315 g/mol. The van der Waals surface area contributed by atoms with E-state index in [1.165, 1.54) is 0 Å². The number of hydrogen-bond acceptors (Lipinski definition) is 6. The van der Waals surface area contributed by atoms with E-state index < -0.39 is 18.6 Å². The minimum atomic E-state index is -1.43. The predicted octanol–water partition coefficient (Wildman–Crippen LogP) is -2.22. The van der Waals surface area contributed by atoms with Crippen molar-refractivity contribution in [2.24, 2.45) is 17.4 Å². The van der Waals surface area contributed by atoms with Gasteiger partial charge in [0.05, 0.1) is 0 Å². The Labute approximate surface area is 130 Å². The molecule has 0 amide bonds. The van der Waals surface area contributed by atoms with Gasteiger partial charge in [0.25, 0.3) is 0 Å². The van der Waals surface area contributed by atoms with Gasteiger partial charge in [0, 0.05) is 39.1 Å². The molecule has 0 aromatic carbocycles. The van der Waals surface area contributed by atoms with Crippen LogP contribution in [-0.2, 0) is 4.79 Å². The second-order valence-electron chi connectivity index (χ2n) is 5.87. The molecule has 2 atom stereocenters. The molecule has 9 nitrogen and oxygen atoms in total. The number of rotatable bonds is 7. The molecular formula is C12H26BN5O4. The quantitative estimate of drug-likeness (QED) is 0.175. The van der Waals surface area contributed by atoms with Gasteiger partial charge >= 0.3 is 13.1 Å². The molecule has 0 aromatic heterocycles. The van der Waals surface area contributed by atoms with Gasteiger partial charge in [-0.05, 0) is 12.7 Å². The molecule has 0 saturated carbocycles. The molecule has 126 valence electrons. The molecule has 10 heteroatoms. The topological polar surface area (TPSA) is 160 Å². The second-order valence-corrected chi connectivity index (χ2v) is 5.87. The highest BCUT2D eigenvalue weighted by molar-refractivity contribution is 6.40. The Hall–Kier alpha value is -1.36. The summed E-state index contributed by atoms with van der Waals surface area (Å²) in [7, 11) is 0.326. The summed E-state index contributed by atoms with van der Waals surface area (Å²) in [6, 6.07) is 0. The molecule has 1 aliphatic rings. The lowest BCUT2D eigenvalue weighted by Gasteiger charge is -2.28. The number of nitrogens with one attached hydrogen (secondary N) is 1. The third kappa shape index (κ3) is 4.32. The highest BCUT2D eigenvalue weighted by Crippen LogP contribution is 2.30. The molecule has 1 heterocycles. The molecular weight excluding hydrogens is 289 g/mol. The van der Waals surface area contributed by atoms with Crippen LogP contribution < -0.4 is 11.5 Å². The highest BCUT2D eigenvalue weighted by atomic mass is 16.4. The first-order chi connectivity index (χ1) is 10.2. The van der Waals surface area contributed by atoms with Crippen LogP contribution in [0.25, 0.3) is 0 Å². The van der Waals surface area contributed by atoms with Crippen molar-refractivity contribution < 1.29 is 19.9 Å². The number of nitrogens with two attached hydrogens (primary N) is 2. The van der Waals surface area contributed by atoms with Crippen LogP contribution in [0.1, 0.15) is 12.8 Å². The van der Waals surface area contributed by atoms with Crippen LogP contribution >= 0.6 is 0 Å². The third-order valence-electron chi connectivity index (χ3n) is 4.16. The summed E-state index contributed by atoms with van der Waals surface area (Å²) in [5.74, 6) is -1.25. The molecule has 0 aromatic rings. The number of likely N-dealkylation sites (N-methyl/N-ethyl adjacent to an activating group) is 1. The van der Waals surface area contributed by atoms with Crippen LogP contribution in [-0.4, -0.2) is 82.8 Å². The van der Waals surface area contributed by atoms with E-state index >= 15 is 0 Å². The second kappa shape index (κ2) is 7.77. The Morgan fingerprint density at radius 3 is 2.68 bits per heavy atom. The van der Waals surface area contributed by atoms with E-state index in [2.05, 4.69) is 0 Å². The predicted molar refractivity (Wildman–Crippen MR) is 83.3 cm³/mol. The molecule has 1 aliphatic heterocycles. The van der Waals surface area contributed by atoms with Gasteiger partial charge in [0.1, 0.15) is 5.54 Å². The van der Waals surface area contributed by atoms with E-state index in [0.717, 1.165) is 0 Å². The lowest BCUT2D eigenvalue weighted by molar-refractivity contribution is -0.144. The molecule has 1 saturated heterocycles. The fourth-order valence-electron chi connectivity index (χ4n) is 2.78. The van der Waals surface area contributed by atoms with Gasteiger partial charge in [-0.1, -0.05) is 6.42 Å². The first kappa shape index (κ1) is 18.7. The van der Waals surface area contributed by atoms with Gasteiger partial charge in [-0.15, -0.1) is 0 Å². The number of nitrogens with zero attached hydrogens (tertiary/aromatic N) is 2. The lowest BCUT2D eigenvalue weighted by atomic mass is 9.78. The highest BCUT2D eigenvalue weighted by Gasteiger charge is 2.50. The minimum absolute atomic E-state index is 0.0580. The smallest absolute Gasteiger partial charge is 0.451 e. The summed E-state index contributed by atoms with van der Waals surface area (Å²) in [6.45, 7) is 1.32. The molecule has 0 spiro atoms. The summed E-state index contributed by atoms with van der Waals surface area (Å²) >= 11 is 0. The number of carboxylic acid groups (broad SMARTS) is 1. The summed E-state index contributed by atoms with van der Waals surface area (Å²) in [5.41, 5.74) is 10.1. The molecule has 0 aliphatic carbocycles. The van der Waals surface area contributed by atoms with Crippen LogP contribution in [0.3, 0.4) is 0 Å². The van der Waals surface area contributed by atoms with Crippen molar-refractivity contribution in [1.82, 2.24) is 9.80 Å². The van der Waals surface area contributed by atoms with Gasteiger partial charge in [0.2, 0.25) is 0 Å². The first-order valence-electron chi connectivity index (χ1n) is 7.35. The van der Waals surface area contributed by atoms with Crippen molar-refractivity contribution in [2.45, 2.75) is 24.7 Å². The molecule has 1 fully saturated rings. The zero-order valence-corrected chi connectivity index (χ0v) is 12.9. The summed E-state index contributed by atoms with van der Waals surface area (Å²) in [5, 5.41) is 35.3. The molecule has 1 rings (SSSR count). The molecule has 2 unspecified atom stereocenters. The molecule has 0 radical (unpaired) electrons. The number of hydrogen-bond donors (Lipinski definition) is 6. The van der Waals surface area contributed by atoms with Crippen molar-refractivity contribution >= 4 is 19.0 Å². The van der Waals surface area contributed by atoms with E-state index in [9.17, 15) is 9.90 Å². The van der Waals surface area contributed by atoms with Crippen LogP contribution in [0.2, 0.25) is 6.32 Å². The maximum atomic E-state index is 11.5. The number of guanidine groups is 1. The minimum Gasteiger partial charge on any atom is -0.480 e. The van der Waals surface area contributed by atoms with Crippen molar-refractivity contribution in [3.8, 4) is 0 Å². The SMILES string of the molecule is CN(CCN)C(=N)N1CC(CCCB(O)O)C(N)(C(=O)O)C1. The fraction of sp³-hybridized carbons (Fsp3) is 0.833. The van der Waals surface area contributed by atoms with E-state index in [4.69, 9.17) is 26.9 Å². The average Bonchev–Trinajstić information content (AvgIpc) is 2.77. The van der Waals surface area contributed by atoms with Crippen molar-refractivity contribution in [3.63, 3.8) is 0 Å².